The van der Waals surface area contributed by atoms with Gasteiger partial charge < -0.3 is 23.8 Å². The van der Waals surface area contributed by atoms with Gasteiger partial charge in [0.1, 0.15) is 11.5 Å². The standard InChI is InChI=1S/C18H24N4O4/c1-12(2)16-19-18(26-20-16)22-7-5-21(6-8-22)17(23)13-9-14(24-3)11-15(10-13)25-4/h9-12H,5-8H2,1-4H3. The Morgan fingerprint density at radius 1 is 1.08 bits per heavy atom. The summed E-state index contributed by atoms with van der Waals surface area (Å²) in [6.45, 7) is 6.50. The van der Waals surface area contributed by atoms with Crippen LogP contribution in [0.1, 0.15) is 35.9 Å². The summed E-state index contributed by atoms with van der Waals surface area (Å²) in [5, 5.41) is 3.99. The number of rotatable bonds is 5. The van der Waals surface area contributed by atoms with Crippen LogP contribution in [0.5, 0.6) is 11.5 Å². The van der Waals surface area contributed by atoms with E-state index in [4.69, 9.17) is 14.0 Å². The van der Waals surface area contributed by atoms with Gasteiger partial charge in [0.2, 0.25) is 0 Å². The zero-order valence-electron chi connectivity index (χ0n) is 15.6. The molecule has 0 bridgehead atoms. The number of piperazine rings is 1. The molecule has 0 aliphatic carbocycles. The van der Waals surface area contributed by atoms with E-state index in [0.29, 0.717) is 55.1 Å². The van der Waals surface area contributed by atoms with Gasteiger partial charge in [-0.2, -0.15) is 4.98 Å². The van der Waals surface area contributed by atoms with Gasteiger partial charge >= 0.3 is 6.01 Å². The fourth-order valence-corrected chi connectivity index (χ4v) is 2.80. The van der Waals surface area contributed by atoms with Crippen molar-refractivity contribution in [3.63, 3.8) is 0 Å². The van der Waals surface area contributed by atoms with Crippen molar-refractivity contribution in [1.29, 1.82) is 0 Å². The molecule has 1 aliphatic heterocycles. The first kappa shape index (κ1) is 18.0. The van der Waals surface area contributed by atoms with E-state index in [1.165, 1.54) is 0 Å². The lowest BCUT2D eigenvalue weighted by Crippen LogP contribution is -2.49. The monoisotopic (exact) mass is 360 g/mol. The number of aromatic nitrogens is 2. The highest BCUT2D eigenvalue weighted by Crippen LogP contribution is 2.24. The van der Waals surface area contributed by atoms with Crippen molar-refractivity contribution in [2.45, 2.75) is 19.8 Å². The molecule has 2 aromatic rings. The first-order valence-electron chi connectivity index (χ1n) is 8.62. The van der Waals surface area contributed by atoms with E-state index >= 15 is 0 Å². The number of amides is 1. The fraction of sp³-hybridized carbons (Fsp3) is 0.500. The second-order valence-electron chi connectivity index (χ2n) is 6.47. The van der Waals surface area contributed by atoms with E-state index in [9.17, 15) is 4.79 Å². The SMILES string of the molecule is COc1cc(OC)cc(C(=O)N2CCN(c3nc(C(C)C)no3)CC2)c1. The van der Waals surface area contributed by atoms with Gasteiger partial charge in [-0.3, -0.25) is 4.79 Å². The van der Waals surface area contributed by atoms with Crippen molar-refractivity contribution >= 4 is 11.9 Å². The average molecular weight is 360 g/mol. The summed E-state index contributed by atoms with van der Waals surface area (Å²) < 4.78 is 15.8. The first-order valence-corrected chi connectivity index (χ1v) is 8.62. The summed E-state index contributed by atoms with van der Waals surface area (Å²) in [6, 6.07) is 5.72. The molecule has 2 heterocycles. The van der Waals surface area contributed by atoms with Crippen LogP contribution in [0.25, 0.3) is 0 Å². The average Bonchev–Trinajstić information content (AvgIpc) is 3.17. The molecule has 1 amide bonds. The molecular formula is C18H24N4O4. The Balaban J connectivity index is 1.66. The molecule has 0 saturated carbocycles. The quantitative estimate of drug-likeness (QED) is 0.808. The van der Waals surface area contributed by atoms with Crippen molar-refractivity contribution in [2.75, 3.05) is 45.3 Å². The maximum Gasteiger partial charge on any atom is 0.324 e. The van der Waals surface area contributed by atoms with E-state index in [0.717, 1.165) is 0 Å². The Morgan fingerprint density at radius 2 is 1.69 bits per heavy atom. The molecule has 0 N–H and O–H groups in total. The van der Waals surface area contributed by atoms with E-state index in [1.54, 1.807) is 32.4 Å². The van der Waals surface area contributed by atoms with Crippen LogP contribution in [0.2, 0.25) is 0 Å². The summed E-state index contributed by atoms with van der Waals surface area (Å²) in [5.41, 5.74) is 0.550. The molecule has 8 heteroatoms. The van der Waals surface area contributed by atoms with Gasteiger partial charge in [0.25, 0.3) is 5.91 Å². The van der Waals surface area contributed by atoms with Gasteiger partial charge in [-0.15, -0.1) is 0 Å². The number of benzene rings is 1. The van der Waals surface area contributed by atoms with Crippen LogP contribution in [0.4, 0.5) is 6.01 Å². The van der Waals surface area contributed by atoms with E-state index in [2.05, 4.69) is 10.1 Å². The number of methoxy groups -OCH3 is 2. The Kier molecular flexibility index (Phi) is 5.29. The lowest BCUT2D eigenvalue weighted by Gasteiger charge is -2.33. The highest BCUT2D eigenvalue weighted by molar-refractivity contribution is 5.95. The van der Waals surface area contributed by atoms with Crippen LogP contribution >= 0.6 is 0 Å². The number of carbonyl (C=O) groups is 1. The van der Waals surface area contributed by atoms with Gasteiger partial charge in [-0.05, 0) is 12.1 Å². The highest BCUT2D eigenvalue weighted by atomic mass is 16.5. The van der Waals surface area contributed by atoms with Crippen LogP contribution in [0.15, 0.2) is 22.7 Å². The lowest BCUT2D eigenvalue weighted by atomic mass is 10.1. The molecule has 3 rings (SSSR count). The number of hydrogen-bond acceptors (Lipinski definition) is 7. The van der Waals surface area contributed by atoms with E-state index in [1.807, 2.05) is 23.6 Å². The van der Waals surface area contributed by atoms with Crippen molar-refractivity contribution in [3.05, 3.63) is 29.6 Å². The minimum Gasteiger partial charge on any atom is -0.497 e. The summed E-state index contributed by atoms with van der Waals surface area (Å²) in [6.07, 6.45) is 0. The van der Waals surface area contributed by atoms with Crippen LogP contribution in [-0.2, 0) is 0 Å². The number of carbonyl (C=O) groups excluding carboxylic acids is 1. The Morgan fingerprint density at radius 3 is 2.19 bits per heavy atom. The van der Waals surface area contributed by atoms with Gasteiger partial charge in [-0.25, -0.2) is 0 Å². The number of hydrogen-bond donors (Lipinski definition) is 0. The minimum atomic E-state index is -0.0461. The third-order valence-electron chi connectivity index (χ3n) is 4.38. The molecule has 1 aliphatic rings. The van der Waals surface area contributed by atoms with Crippen molar-refractivity contribution < 1.29 is 18.8 Å². The molecule has 1 aromatic carbocycles. The molecule has 1 fully saturated rings. The first-order chi connectivity index (χ1) is 12.5. The highest BCUT2D eigenvalue weighted by Gasteiger charge is 2.26. The van der Waals surface area contributed by atoms with Crippen molar-refractivity contribution in [1.82, 2.24) is 15.0 Å². The number of nitrogens with zero attached hydrogens (tertiary/aromatic N) is 4. The van der Waals surface area contributed by atoms with Gasteiger partial charge in [0.05, 0.1) is 14.2 Å². The Bertz CT molecular complexity index is 744. The Labute approximate surface area is 152 Å². The molecule has 0 radical (unpaired) electrons. The Hall–Kier alpha value is -2.77. The predicted molar refractivity (Wildman–Crippen MR) is 96.0 cm³/mol. The van der Waals surface area contributed by atoms with Gasteiger partial charge in [-0.1, -0.05) is 19.0 Å². The van der Waals surface area contributed by atoms with Gasteiger partial charge in [0.15, 0.2) is 5.82 Å². The topological polar surface area (TPSA) is 80.9 Å². The number of anilines is 1. The second-order valence-corrected chi connectivity index (χ2v) is 6.47. The summed E-state index contributed by atoms with van der Waals surface area (Å²) in [4.78, 5) is 21.1. The van der Waals surface area contributed by atoms with Crippen molar-refractivity contribution in [2.24, 2.45) is 0 Å². The van der Waals surface area contributed by atoms with E-state index in [-0.39, 0.29) is 11.8 Å². The fourth-order valence-electron chi connectivity index (χ4n) is 2.80. The van der Waals surface area contributed by atoms with E-state index < -0.39 is 0 Å². The molecule has 0 atom stereocenters. The molecule has 1 saturated heterocycles. The zero-order valence-corrected chi connectivity index (χ0v) is 15.6. The van der Waals surface area contributed by atoms with Crippen LogP contribution < -0.4 is 14.4 Å². The normalized spacial score (nSPS) is 14.7. The lowest BCUT2D eigenvalue weighted by molar-refractivity contribution is 0.0744. The van der Waals surface area contributed by atoms with Crippen LogP contribution in [0, 0.1) is 0 Å². The van der Waals surface area contributed by atoms with Crippen molar-refractivity contribution in [3.8, 4) is 11.5 Å². The molecule has 1 aromatic heterocycles. The van der Waals surface area contributed by atoms with Crippen LogP contribution in [0.3, 0.4) is 0 Å². The molecular weight excluding hydrogens is 336 g/mol. The minimum absolute atomic E-state index is 0.0461. The smallest absolute Gasteiger partial charge is 0.324 e. The number of ether oxygens (including phenoxy) is 2. The predicted octanol–water partition coefficient (Wildman–Crippen LogP) is 2.17. The third kappa shape index (κ3) is 3.74. The summed E-state index contributed by atoms with van der Waals surface area (Å²) in [7, 11) is 3.13. The summed E-state index contributed by atoms with van der Waals surface area (Å²) in [5.74, 6) is 2.06. The second kappa shape index (κ2) is 7.63. The molecule has 140 valence electrons. The molecule has 8 nitrogen and oxygen atoms in total. The molecule has 26 heavy (non-hydrogen) atoms. The summed E-state index contributed by atoms with van der Waals surface area (Å²) >= 11 is 0. The largest absolute Gasteiger partial charge is 0.497 e. The molecule has 0 spiro atoms. The van der Waals surface area contributed by atoms with Crippen LogP contribution in [-0.4, -0.2) is 61.3 Å². The third-order valence-corrected chi connectivity index (χ3v) is 4.38. The maximum absolute atomic E-state index is 12.8. The van der Waals surface area contributed by atoms with Gasteiger partial charge in [0, 0.05) is 43.7 Å². The molecule has 0 unspecified atom stereocenters. The zero-order chi connectivity index (χ0) is 18.7. The maximum atomic E-state index is 12.8.